The predicted octanol–water partition coefficient (Wildman–Crippen LogP) is 2.09. The second kappa shape index (κ2) is 5.27. The minimum Gasteiger partial charge on any atom is -0.469 e. The van der Waals surface area contributed by atoms with Crippen molar-refractivity contribution in [2.24, 2.45) is 5.92 Å². The summed E-state index contributed by atoms with van der Waals surface area (Å²) < 4.78 is 4.74. The lowest BCUT2D eigenvalue weighted by molar-refractivity contribution is -0.145. The number of anilines is 1. The zero-order valence-electron chi connectivity index (χ0n) is 11.7. The molecule has 2 aliphatic rings. The number of carbonyl (C=O) groups excluding carboxylic acids is 2. The Hall–Kier alpha value is -1.84. The Morgan fingerprint density at radius 1 is 1.25 bits per heavy atom. The third-order valence-corrected chi connectivity index (χ3v) is 4.30. The van der Waals surface area contributed by atoms with Crippen LogP contribution in [0.3, 0.4) is 0 Å². The van der Waals surface area contributed by atoms with Crippen molar-refractivity contribution in [2.75, 3.05) is 18.6 Å². The Labute approximate surface area is 118 Å². The highest BCUT2D eigenvalue weighted by Gasteiger charge is 2.35. The number of esters is 1. The van der Waals surface area contributed by atoms with Gasteiger partial charge in [0.25, 0.3) is 0 Å². The zero-order valence-corrected chi connectivity index (χ0v) is 11.7. The topological polar surface area (TPSA) is 46.6 Å². The fraction of sp³-hybridized carbons (Fsp3) is 0.500. The van der Waals surface area contributed by atoms with Crippen LogP contribution in [0.1, 0.15) is 30.4 Å². The Kier molecular flexibility index (Phi) is 3.47. The van der Waals surface area contributed by atoms with E-state index in [1.165, 1.54) is 31.1 Å². The fourth-order valence-corrected chi connectivity index (χ4v) is 3.17. The van der Waals surface area contributed by atoms with Crippen LogP contribution >= 0.6 is 0 Å². The summed E-state index contributed by atoms with van der Waals surface area (Å²) >= 11 is 0. The zero-order chi connectivity index (χ0) is 14.1. The number of ether oxygens (including phenoxy) is 1. The number of aryl methyl sites for hydroxylation is 2. The quantitative estimate of drug-likeness (QED) is 0.775. The Balaban J connectivity index is 1.82. The first-order chi connectivity index (χ1) is 9.69. The number of nitrogens with zero attached hydrogens (tertiary/aromatic N) is 1. The maximum absolute atomic E-state index is 12.1. The van der Waals surface area contributed by atoms with E-state index in [0.717, 1.165) is 18.5 Å². The second-order valence-electron chi connectivity index (χ2n) is 5.59. The smallest absolute Gasteiger partial charge is 0.311 e. The minimum atomic E-state index is -0.330. The van der Waals surface area contributed by atoms with Gasteiger partial charge in [0, 0.05) is 18.7 Å². The molecular weight excluding hydrogens is 254 g/mol. The van der Waals surface area contributed by atoms with Crippen LogP contribution in [0.4, 0.5) is 5.69 Å². The second-order valence-corrected chi connectivity index (χ2v) is 5.59. The van der Waals surface area contributed by atoms with Crippen molar-refractivity contribution in [3.05, 3.63) is 29.3 Å². The number of hydrogen-bond acceptors (Lipinski definition) is 3. The highest BCUT2D eigenvalue weighted by Crippen LogP contribution is 2.30. The van der Waals surface area contributed by atoms with E-state index in [1.54, 1.807) is 4.90 Å². The van der Waals surface area contributed by atoms with E-state index in [9.17, 15) is 9.59 Å². The van der Waals surface area contributed by atoms with Crippen molar-refractivity contribution in [1.29, 1.82) is 0 Å². The Morgan fingerprint density at radius 2 is 2.00 bits per heavy atom. The molecule has 4 nitrogen and oxygen atoms in total. The molecule has 1 amide bonds. The van der Waals surface area contributed by atoms with Crippen molar-refractivity contribution in [2.45, 2.75) is 32.1 Å². The minimum absolute atomic E-state index is 0.0103. The van der Waals surface area contributed by atoms with Gasteiger partial charge in [0.15, 0.2) is 0 Å². The summed E-state index contributed by atoms with van der Waals surface area (Å²) in [5.41, 5.74) is 3.67. The monoisotopic (exact) mass is 273 g/mol. The third kappa shape index (κ3) is 2.30. The van der Waals surface area contributed by atoms with Crippen LogP contribution in [0.2, 0.25) is 0 Å². The molecule has 0 spiro atoms. The van der Waals surface area contributed by atoms with Crippen molar-refractivity contribution in [3.8, 4) is 0 Å². The van der Waals surface area contributed by atoms with Crippen LogP contribution in [0.5, 0.6) is 0 Å². The summed E-state index contributed by atoms with van der Waals surface area (Å²) in [5.74, 6) is -0.612. The molecule has 1 aromatic rings. The predicted molar refractivity (Wildman–Crippen MR) is 75.6 cm³/mol. The molecule has 1 aliphatic carbocycles. The van der Waals surface area contributed by atoms with Crippen molar-refractivity contribution in [3.63, 3.8) is 0 Å². The third-order valence-electron chi connectivity index (χ3n) is 4.30. The van der Waals surface area contributed by atoms with E-state index in [1.807, 2.05) is 6.07 Å². The molecule has 1 unspecified atom stereocenters. The van der Waals surface area contributed by atoms with Gasteiger partial charge in [-0.15, -0.1) is 0 Å². The molecule has 0 saturated carbocycles. The summed E-state index contributed by atoms with van der Waals surface area (Å²) in [6.07, 6.45) is 4.94. The molecule has 0 radical (unpaired) electrons. The standard InChI is InChI=1S/C16H19NO3/c1-20-16(19)13-9-15(18)17(10-13)14-7-6-11-4-2-3-5-12(11)8-14/h6-8,13H,2-5,9-10H2,1H3. The SMILES string of the molecule is COC(=O)C1CC(=O)N(c2ccc3c(c2)CCCC3)C1. The first-order valence-corrected chi connectivity index (χ1v) is 7.19. The first kappa shape index (κ1) is 13.2. The lowest BCUT2D eigenvalue weighted by Gasteiger charge is -2.21. The highest BCUT2D eigenvalue weighted by molar-refractivity contribution is 5.99. The fourth-order valence-electron chi connectivity index (χ4n) is 3.17. The maximum atomic E-state index is 12.1. The lowest BCUT2D eigenvalue weighted by atomic mass is 9.91. The van der Waals surface area contributed by atoms with Gasteiger partial charge in [-0.25, -0.2) is 0 Å². The number of amides is 1. The molecule has 1 atom stereocenters. The average molecular weight is 273 g/mol. The molecular formula is C16H19NO3. The van der Waals surface area contributed by atoms with E-state index in [0.29, 0.717) is 6.54 Å². The summed E-state index contributed by atoms with van der Waals surface area (Å²) in [5, 5.41) is 0. The number of benzene rings is 1. The number of rotatable bonds is 2. The van der Waals surface area contributed by atoms with Crippen molar-refractivity contribution in [1.82, 2.24) is 0 Å². The number of carbonyl (C=O) groups is 2. The van der Waals surface area contributed by atoms with Gasteiger partial charge in [-0.2, -0.15) is 0 Å². The Bertz CT molecular complexity index is 553. The number of methoxy groups -OCH3 is 1. The van der Waals surface area contributed by atoms with Gasteiger partial charge in [0.1, 0.15) is 0 Å². The van der Waals surface area contributed by atoms with E-state index >= 15 is 0 Å². The van der Waals surface area contributed by atoms with E-state index in [-0.39, 0.29) is 24.2 Å². The number of fused-ring (bicyclic) bond motifs is 1. The van der Waals surface area contributed by atoms with Gasteiger partial charge in [0.05, 0.1) is 13.0 Å². The van der Waals surface area contributed by atoms with Crippen molar-refractivity contribution >= 4 is 17.6 Å². The van der Waals surface area contributed by atoms with Gasteiger partial charge in [-0.1, -0.05) is 6.07 Å². The first-order valence-electron chi connectivity index (χ1n) is 7.19. The van der Waals surface area contributed by atoms with Crippen LogP contribution in [0, 0.1) is 5.92 Å². The largest absolute Gasteiger partial charge is 0.469 e. The molecule has 0 bridgehead atoms. The van der Waals surface area contributed by atoms with Gasteiger partial charge in [-0.3, -0.25) is 9.59 Å². The van der Waals surface area contributed by atoms with Gasteiger partial charge < -0.3 is 9.64 Å². The van der Waals surface area contributed by atoms with Crippen molar-refractivity contribution < 1.29 is 14.3 Å². The molecule has 20 heavy (non-hydrogen) atoms. The normalized spacial score (nSPS) is 21.8. The molecule has 1 fully saturated rings. The van der Waals surface area contributed by atoms with Gasteiger partial charge in [0.2, 0.25) is 5.91 Å². The molecule has 1 aliphatic heterocycles. The molecule has 1 aromatic carbocycles. The average Bonchev–Trinajstić information content (AvgIpc) is 2.88. The molecule has 106 valence electrons. The van der Waals surface area contributed by atoms with Crippen LogP contribution in [0.25, 0.3) is 0 Å². The summed E-state index contributed by atoms with van der Waals surface area (Å²) in [6.45, 7) is 0.435. The molecule has 1 heterocycles. The molecule has 3 rings (SSSR count). The molecule has 4 heteroatoms. The van der Waals surface area contributed by atoms with Crippen LogP contribution < -0.4 is 4.90 Å². The lowest BCUT2D eigenvalue weighted by Crippen LogP contribution is -2.26. The van der Waals surface area contributed by atoms with Gasteiger partial charge in [-0.05, 0) is 48.9 Å². The molecule has 1 saturated heterocycles. The molecule has 0 N–H and O–H groups in total. The van der Waals surface area contributed by atoms with Crippen LogP contribution in [-0.4, -0.2) is 25.5 Å². The Morgan fingerprint density at radius 3 is 2.75 bits per heavy atom. The number of hydrogen-bond donors (Lipinski definition) is 0. The van der Waals surface area contributed by atoms with Crippen LogP contribution in [-0.2, 0) is 27.2 Å². The van der Waals surface area contributed by atoms with E-state index < -0.39 is 0 Å². The van der Waals surface area contributed by atoms with Crippen LogP contribution in [0.15, 0.2) is 18.2 Å². The highest BCUT2D eigenvalue weighted by atomic mass is 16.5. The van der Waals surface area contributed by atoms with E-state index in [4.69, 9.17) is 4.74 Å². The summed E-state index contributed by atoms with van der Waals surface area (Å²) in [7, 11) is 1.37. The van der Waals surface area contributed by atoms with E-state index in [2.05, 4.69) is 12.1 Å². The van der Waals surface area contributed by atoms with Gasteiger partial charge >= 0.3 is 5.97 Å². The maximum Gasteiger partial charge on any atom is 0.311 e. The summed E-state index contributed by atoms with van der Waals surface area (Å²) in [4.78, 5) is 25.4. The summed E-state index contributed by atoms with van der Waals surface area (Å²) in [6, 6.07) is 6.25. The molecule has 0 aromatic heterocycles.